The highest BCUT2D eigenvalue weighted by atomic mass is 19.4. The molecular weight excluding hydrogens is 451 g/mol. The Morgan fingerprint density at radius 1 is 1.21 bits per heavy atom. The molecule has 11 heteroatoms. The van der Waals surface area contributed by atoms with Crippen molar-refractivity contribution in [2.45, 2.75) is 57.3 Å². The maximum Gasteiger partial charge on any atom is 0.451 e. The predicted molar refractivity (Wildman–Crippen MR) is 117 cm³/mol. The van der Waals surface area contributed by atoms with E-state index in [9.17, 15) is 27.9 Å². The van der Waals surface area contributed by atoms with Crippen LogP contribution >= 0.6 is 0 Å². The van der Waals surface area contributed by atoms with Crippen LogP contribution in [0.25, 0.3) is 10.9 Å². The molecule has 180 valence electrons. The number of aromatic nitrogens is 4. The van der Waals surface area contributed by atoms with E-state index in [-0.39, 0.29) is 17.6 Å². The van der Waals surface area contributed by atoms with E-state index >= 15 is 0 Å². The molecule has 1 amide bonds. The van der Waals surface area contributed by atoms with Gasteiger partial charge in [0.1, 0.15) is 12.0 Å². The van der Waals surface area contributed by atoms with Crippen molar-refractivity contribution in [1.82, 2.24) is 19.7 Å². The minimum absolute atomic E-state index is 0.0736. The number of benzene rings is 1. The third-order valence-electron chi connectivity index (χ3n) is 6.02. The zero-order valence-corrected chi connectivity index (χ0v) is 18.6. The number of alkyl halides is 3. The Bertz CT molecular complexity index is 1220. The molecule has 1 fully saturated rings. The Morgan fingerprint density at radius 2 is 1.91 bits per heavy atom. The van der Waals surface area contributed by atoms with Crippen molar-refractivity contribution in [2.24, 2.45) is 5.92 Å². The third kappa shape index (κ3) is 4.93. The van der Waals surface area contributed by atoms with Crippen LogP contribution in [0.3, 0.4) is 0 Å². The average Bonchev–Trinajstić information content (AvgIpc) is 3.20. The fraction of sp³-hybridized carbons (Fsp3) is 0.435. The van der Waals surface area contributed by atoms with Crippen LogP contribution in [-0.2, 0) is 16.6 Å². The van der Waals surface area contributed by atoms with Gasteiger partial charge < -0.3 is 15.2 Å². The predicted octanol–water partition coefficient (Wildman–Crippen LogP) is 4.26. The number of aldehydes is 1. The molecule has 8 nitrogen and oxygen atoms in total. The SMILES string of the molecule is CC(C)(O)c1cc2nn(C3CCC(C=O)CC3)cc2cc1NC(=O)c1ccnc(C(F)(F)F)n1. The van der Waals surface area contributed by atoms with Crippen LogP contribution in [0.15, 0.2) is 30.6 Å². The maximum atomic E-state index is 12.9. The molecule has 2 aromatic heterocycles. The smallest absolute Gasteiger partial charge is 0.386 e. The van der Waals surface area contributed by atoms with E-state index in [1.165, 1.54) is 13.8 Å². The number of hydrogen-bond acceptors (Lipinski definition) is 6. The molecule has 0 bridgehead atoms. The van der Waals surface area contributed by atoms with Crippen molar-refractivity contribution in [3.63, 3.8) is 0 Å². The van der Waals surface area contributed by atoms with Crippen molar-refractivity contribution in [2.75, 3.05) is 5.32 Å². The lowest BCUT2D eigenvalue weighted by atomic mass is 9.87. The number of carbonyl (C=O) groups excluding carboxylic acids is 2. The van der Waals surface area contributed by atoms with E-state index < -0.39 is 29.2 Å². The van der Waals surface area contributed by atoms with E-state index in [4.69, 9.17) is 0 Å². The molecule has 0 unspecified atom stereocenters. The van der Waals surface area contributed by atoms with E-state index in [0.717, 1.165) is 44.2 Å². The minimum atomic E-state index is -4.78. The van der Waals surface area contributed by atoms with Crippen molar-refractivity contribution >= 4 is 28.8 Å². The molecular formula is C23H24F3N5O3. The quantitative estimate of drug-likeness (QED) is 0.534. The van der Waals surface area contributed by atoms with Crippen LogP contribution in [0.2, 0.25) is 0 Å². The van der Waals surface area contributed by atoms with Crippen LogP contribution in [0.5, 0.6) is 0 Å². The second kappa shape index (κ2) is 8.79. The van der Waals surface area contributed by atoms with Crippen LogP contribution in [0, 0.1) is 5.92 Å². The number of aliphatic hydroxyl groups is 1. The molecule has 1 aromatic carbocycles. The number of fused-ring (bicyclic) bond motifs is 1. The van der Waals surface area contributed by atoms with Gasteiger partial charge in [-0.2, -0.15) is 18.3 Å². The number of halogens is 3. The summed E-state index contributed by atoms with van der Waals surface area (Å²) in [5, 5.41) is 18.6. The molecule has 1 aliphatic rings. The Hall–Kier alpha value is -3.34. The summed E-state index contributed by atoms with van der Waals surface area (Å²) in [7, 11) is 0. The summed E-state index contributed by atoms with van der Waals surface area (Å²) in [6.45, 7) is 3.07. The molecule has 0 aliphatic heterocycles. The Morgan fingerprint density at radius 3 is 2.53 bits per heavy atom. The summed E-state index contributed by atoms with van der Waals surface area (Å²) in [5.74, 6) is -2.20. The molecule has 0 atom stereocenters. The first kappa shape index (κ1) is 23.8. The van der Waals surface area contributed by atoms with Gasteiger partial charge in [-0.1, -0.05) is 0 Å². The molecule has 1 saturated carbocycles. The normalized spacial score (nSPS) is 19.2. The maximum absolute atomic E-state index is 12.9. The average molecular weight is 475 g/mol. The van der Waals surface area contributed by atoms with Crippen LogP contribution in [0.4, 0.5) is 18.9 Å². The van der Waals surface area contributed by atoms with Gasteiger partial charge in [0.15, 0.2) is 0 Å². The topological polar surface area (TPSA) is 110 Å². The van der Waals surface area contributed by atoms with E-state index in [1.807, 2.05) is 10.9 Å². The van der Waals surface area contributed by atoms with Gasteiger partial charge in [-0.15, -0.1) is 0 Å². The number of nitrogens with one attached hydrogen (secondary N) is 1. The van der Waals surface area contributed by atoms with Gasteiger partial charge in [-0.3, -0.25) is 9.48 Å². The zero-order chi connectivity index (χ0) is 24.7. The number of rotatable bonds is 5. The van der Waals surface area contributed by atoms with Crippen molar-refractivity contribution in [3.05, 3.63) is 47.7 Å². The molecule has 0 radical (unpaired) electrons. The van der Waals surface area contributed by atoms with Crippen LogP contribution in [-0.4, -0.2) is 37.0 Å². The largest absolute Gasteiger partial charge is 0.451 e. The lowest BCUT2D eigenvalue weighted by Gasteiger charge is -2.25. The van der Waals surface area contributed by atoms with Gasteiger partial charge in [-0.05, 0) is 57.7 Å². The number of nitrogens with zero attached hydrogens (tertiary/aromatic N) is 4. The lowest BCUT2D eigenvalue weighted by Crippen LogP contribution is -2.22. The molecule has 0 spiro atoms. The van der Waals surface area contributed by atoms with Crippen molar-refractivity contribution < 1.29 is 27.9 Å². The van der Waals surface area contributed by atoms with Gasteiger partial charge in [0.05, 0.1) is 17.2 Å². The molecule has 1 aliphatic carbocycles. The molecule has 2 heterocycles. The number of amides is 1. The highest BCUT2D eigenvalue weighted by molar-refractivity contribution is 6.04. The fourth-order valence-corrected chi connectivity index (χ4v) is 4.20. The molecule has 3 aromatic rings. The number of anilines is 1. The first-order valence-corrected chi connectivity index (χ1v) is 10.9. The second-order valence-electron chi connectivity index (χ2n) is 9.05. The van der Waals surface area contributed by atoms with E-state index in [2.05, 4.69) is 20.4 Å². The van der Waals surface area contributed by atoms with Gasteiger partial charge in [-0.25, -0.2) is 9.97 Å². The summed E-state index contributed by atoms with van der Waals surface area (Å²) >= 11 is 0. The lowest BCUT2D eigenvalue weighted by molar-refractivity contribution is -0.145. The Labute approximate surface area is 193 Å². The first-order chi connectivity index (χ1) is 16.0. The summed E-state index contributed by atoms with van der Waals surface area (Å²) in [6, 6.07) is 4.50. The molecule has 4 rings (SSSR count). The second-order valence-corrected chi connectivity index (χ2v) is 9.05. The van der Waals surface area contributed by atoms with Gasteiger partial charge in [0, 0.05) is 34.9 Å². The fourth-order valence-electron chi connectivity index (χ4n) is 4.20. The zero-order valence-electron chi connectivity index (χ0n) is 18.6. The third-order valence-corrected chi connectivity index (χ3v) is 6.02. The monoisotopic (exact) mass is 475 g/mol. The molecule has 34 heavy (non-hydrogen) atoms. The van der Waals surface area contributed by atoms with Crippen LogP contribution in [0.1, 0.15) is 67.4 Å². The number of carbonyl (C=O) groups is 2. The Balaban J connectivity index is 1.66. The van der Waals surface area contributed by atoms with Crippen molar-refractivity contribution in [1.29, 1.82) is 0 Å². The van der Waals surface area contributed by atoms with Crippen LogP contribution < -0.4 is 5.32 Å². The summed E-state index contributed by atoms with van der Waals surface area (Å²) < 4.78 is 40.6. The molecule has 2 N–H and O–H groups in total. The van der Waals surface area contributed by atoms with Gasteiger partial charge in [0.2, 0.25) is 5.82 Å². The van der Waals surface area contributed by atoms with Gasteiger partial charge in [0.25, 0.3) is 5.91 Å². The highest BCUT2D eigenvalue weighted by Crippen LogP contribution is 2.35. The summed E-state index contributed by atoms with van der Waals surface area (Å²) in [6.07, 6.45) is 2.12. The Kier molecular flexibility index (Phi) is 6.15. The van der Waals surface area contributed by atoms with E-state index in [1.54, 1.807) is 12.1 Å². The standard InChI is InChI=1S/C23H24F3N5O3/c1-22(2,34)16-10-18-14(11-31(30-18)15-5-3-13(12-32)4-6-15)9-19(16)28-20(33)17-7-8-27-21(29-17)23(24,25)26/h7-13,15,34H,3-6H2,1-2H3,(H,28,33). The summed E-state index contributed by atoms with van der Waals surface area (Å²) in [4.78, 5) is 30.2. The first-order valence-electron chi connectivity index (χ1n) is 10.9. The molecule has 0 saturated heterocycles. The highest BCUT2D eigenvalue weighted by Gasteiger charge is 2.35. The minimum Gasteiger partial charge on any atom is -0.386 e. The number of hydrogen-bond donors (Lipinski definition) is 2. The van der Waals surface area contributed by atoms with Gasteiger partial charge >= 0.3 is 6.18 Å². The van der Waals surface area contributed by atoms with Crippen molar-refractivity contribution in [3.8, 4) is 0 Å². The van der Waals surface area contributed by atoms with E-state index in [0.29, 0.717) is 16.5 Å². The summed E-state index contributed by atoms with van der Waals surface area (Å²) in [5.41, 5.74) is -0.624.